The molecule has 1 saturated carbocycles. The molecule has 0 unspecified atom stereocenters. The Balaban J connectivity index is 0.659. The largest absolute Gasteiger partial charge is 0.476 e. The number of nitrogens with zero attached hydrogens (tertiary/aromatic N) is 12. The fourth-order valence-electron chi connectivity index (χ4n) is 13.1. The number of halogens is 3. The van der Waals surface area contributed by atoms with Crippen LogP contribution in [0.1, 0.15) is 118 Å². The summed E-state index contributed by atoms with van der Waals surface area (Å²) in [4.78, 5) is 24.2. The zero-order valence-corrected chi connectivity index (χ0v) is 42.7. The van der Waals surface area contributed by atoms with E-state index in [1.54, 1.807) is 37.1 Å². The normalized spacial score (nSPS) is 22.6. The number of nitriles is 1. The summed E-state index contributed by atoms with van der Waals surface area (Å²) in [5.74, 6) is 3.53. The van der Waals surface area contributed by atoms with Crippen molar-refractivity contribution in [2.24, 2.45) is 24.3 Å². The molecule has 5 aliphatic heterocycles. The molecule has 8 heterocycles. The number of rotatable bonds is 11. The lowest BCUT2D eigenvalue weighted by atomic mass is 9.77. The number of benzene rings is 2. The van der Waals surface area contributed by atoms with Gasteiger partial charge in [-0.1, -0.05) is 11.6 Å². The van der Waals surface area contributed by atoms with E-state index >= 15 is 0 Å². The van der Waals surface area contributed by atoms with Gasteiger partial charge in [0.2, 0.25) is 11.8 Å². The van der Waals surface area contributed by atoms with Gasteiger partial charge in [0.05, 0.1) is 36.0 Å². The zero-order chi connectivity index (χ0) is 49.7. The third kappa shape index (κ3) is 9.75. The number of anilines is 4. The number of hydrogen-bond donors (Lipinski definition) is 0. The summed E-state index contributed by atoms with van der Waals surface area (Å²) in [6.07, 6.45) is 13.2. The molecule has 14 nitrogen and oxygen atoms in total. The molecule has 4 fully saturated rings. The van der Waals surface area contributed by atoms with E-state index < -0.39 is 6.43 Å². The molecule has 1 atom stereocenters. The van der Waals surface area contributed by atoms with Crippen LogP contribution in [0, 0.1) is 28.6 Å². The van der Waals surface area contributed by atoms with Crippen LogP contribution in [0.15, 0.2) is 54.9 Å². The highest BCUT2D eigenvalue weighted by Gasteiger charge is 2.44. The summed E-state index contributed by atoms with van der Waals surface area (Å²) in [7, 11) is 1.80. The Labute approximate surface area is 426 Å². The van der Waals surface area contributed by atoms with E-state index in [-0.39, 0.29) is 22.9 Å². The van der Waals surface area contributed by atoms with Crippen LogP contribution in [0.2, 0.25) is 5.02 Å². The lowest BCUT2D eigenvalue weighted by molar-refractivity contribution is -0.129. The number of amides is 1. The molecule has 1 spiro atoms. The van der Waals surface area contributed by atoms with Crippen molar-refractivity contribution in [1.29, 1.82) is 5.26 Å². The number of carbonyl (C=O) groups is 1. The van der Waals surface area contributed by atoms with Gasteiger partial charge in [0.15, 0.2) is 11.6 Å². The van der Waals surface area contributed by atoms with Crippen molar-refractivity contribution in [2.75, 3.05) is 73.7 Å². The number of carbonyl (C=O) groups excluding carboxylic acids is 1. The van der Waals surface area contributed by atoms with E-state index in [0.717, 1.165) is 138 Å². The number of likely N-dealkylation sites (tertiary alicyclic amines) is 1. The van der Waals surface area contributed by atoms with Gasteiger partial charge < -0.3 is 29.2 Å². The first-order valence-electron chi connectivity index (χ1n) is 26.4. The monoisotopic (exact) mass is 1000 g/mol. The van der Waals surface area contributed by atoms with Gasteiger partial charge in [0.25, 0.3) is 6.43 Å². The maximum atomic E-state index is 14.8. The molecular weight excluding hydrogens is 934 g/mol. The third-order valence-electron chi connectivity index (χ3n) is 17.2. The Morgan fingerprint density at radius 2 is 1.75 bits per heavy atom. The van der Waals surface area contributed by atoms with Crippen molar-refractivity contribution < 1.29 is 18.3 Å². The number of piperidine rings is 2. The molecule has 0 N–H and O–H groups in total. The highest BCUT2D eigenvalue weighted by Crippen LogP contribution is 2.47. The van der Waals surface area contributed by atoms with Crippen LogP contribution >= 0.6 is 11.6 Å². The Hall–Kier alpha value is -5.79. The minimum Gasteiger partial charge on any atom is -0.476 e. The van der Waals surface area contributed by atoms with Crippen LogP contribution in [0.5, 0.6) is 5.88 Å². The lowest BCUT2D eigenvalue weighted by Gasteiger charge is -2.39. The van der Waals surface area contributed by atoms with Crippen molar-refractivity contribution in [3.8, 4) is 23.1 Å². The maximum absolute atomic E-state index is 14.8. The molecule has 72 heavy (non-hydrogen) atoms. The van der Waals surface area contributed by atoms with Crippen molar-refractivity contribution in [3.05, 3.63) is 87.8 Å². The second kappa shape index (κ2) is 20.3. The summed E-state index contributed by atoms with van der Waals surface area (Å²) in [5, 5.41) is 28.6. The molecule has 3 saturated heterocycles. The molecule has 3 aromatic heterocycles. The van der Waals surface area contributed by atoms with Crippen LogP contribution in [-0.2, 0) is 31.2 Å². The van der Waals surface area contributed by atoms with Gasteiger partial charge in [-0.25, -0.2) is 8.78 Å². The Kier molecular flexibility index (Phi) is 13.6. The van der Waals surface area contributed by atoms with Gasteiger partial charge in [0.1, 0.15) is 6.07 Å². The van der Waals surface area contributed by atoms with Gasteiger partial charge >= 0.3 is 0 Å². The van der Waals surface area contributed by atoms with Crippen molar-refractivity contribution in [1.82, 2.24) is 39.6 Å². The van der Waals surface area contributed by atoms with Crippen LogP contribution in [0.25, 0.3) is 11.1 Å². The van der Waals surface area contributed by atoms with Gasteiger partial charge in [-0.3, -0.25) is 14.2 Å². The lowest BCUT2D eigenvalue weighted by Crippen LogP contribution is -2.42. The first kappa shape index (κ1) is 48.5. The maximum Gasteiger partial charge on any atom is 0.264 e. The Bertz CT molecular complexity index is 2800. The minimum absolute atomic E-state index is 0.00177. The molecular formula is C55H67ClF2N12O2. The van der Waals surface area contributed by atoms with Gasteiger partial charge in [-0.15, -0.1) is 10.2 Å². The number of alkyl halides is 2. The Morgan fingerprint density at radius 1 is 0.958 bits per heavy atom. The average molecular weight is 1000 g/mol. The van der Waals surface area contributed by atoms with Gasteiger partial charge in [0, 0.05) is 125 Å². The molecule has 5 aromatic rings. The summed E-state index contributed by atoms with van der Waals surface area (Å²) < 4.78 is 39.7. The van der Waals surface area contributed by atoms with E-state index in [1.807, 2.05) is 35.2 Å². The molecule has 2 aromatic carbocycles. The molecule has 1 aliphatic carbocycles. The number of ether oxygens (including phenoxy) is 1. The van der Waals surface area contributed by atoms with Gasteiger partial charge in [-0.05, 0) is 142 Å². The molecule has 0 bridgehead atoms. The zero-order valence-electron chi connectivity index (χ0n) is 42.0. The number of fused-ring (bicyclic) bond motifs is 2. The van der Waals surface area contributed by atoms with Crippen LogP contribution in [0.4, 0.5) is 31.8 Å². The van der Waals surface area contributed by atoms with E-state index in [2.05, 4.69) is 58.6 Å². The standard InChI is InChI=1S/C55H67ClF2N12O2/c1-36-28-55(35-69(36)44-11-10-41(29-59)48(56)26-44)17-23-66(24-18-55)51-12-13-52(62-61-51)72-34-39-8-6-38(7-9-39)31-65-20-14-43(15-21-65)70-49-16-22-67(37(2)71)33-47(49)54(63-70)68-19-4-5-40-25-45(42-30-60-64(3)32-42)46(53(57)58)27-50(40)68/h10-13,25-27,30,32,36,38-39,43,53H,4-9,14-24,28,31,33-35H2,1-3H3/t36-,38?,39?/m0/s1. The van der Waals surface area contributed by atoms with Crippen molar-refractivity contribution in [3.63, 3.8) is 0 Å². The van der Waals surface area contributed by atoms with E-state index in [0.29, 0.717) is 71.7 Å². The molecule has 0 radical (unpaired) electrons. The number of hydrogen-bond acceptors (Lipinski definition) is 11. The third-order valence-corrected chi connectivity index (χ3v) is 17.5. The second-order valence-electron chi connectivity index (χ2n) is 21.8. The smallest absolute Gasteiger partial charge is 0.264 e. The molecule has 6 aliphatic rings. The average Bonchev–Trinajstić information content (AvgIpc) is 4.10. The first-order chi connectivity index (χ1) is 34.9. The summed E-state index contributed by atoms with van der Waals surface area (Å²) in [6.45, 7) is 12.4. The summed E-state index contributed by atoms with van der Waals surface area (Å²) in [5.41, 5.74) is 7.14. The first-order valence-corrected chi connectivity index (χ1v) is 26.8. The minimum atomic E-state index is -2.65. The molecule has 17 heteroatoms. The van der Waals surface area contributed by atoms with Crippen molar-refractivity contribution in [2.45, 2.75) is 116 Å². The van der Waals surface area contributed by atoms with E-state index in [1.165, 1.54) is 18.5 Å². The molecule has 11 rings (SSSR count). The fourth-order valence-corrected chi connectivity index (χ4v) is 13.4. The van der Waals surface area contributed by atoms with Crippen LogP contribution in [-0.4, -0.2) is 110 Å². The second-order valence-corrected chi connectivity index (χ2v) is 22.2. The summed E-state index contributed by atoms with van der Waals surface area (Å²) >= 11 is 6.40. The Morgan fingerprint density at radius 3 is 2.44 bits per heavy atom. The number of aromatic nitrogens is 6. The SMILES string of the molecule is CC(=O)N1CCc2c(c(N3CCCc4cc(-c5cnn(C)c5)c(C(F)F)cc43)nn2C2CCN(CC3CCC(COc4ccc(N5CCC6(CC5)C[C@H](C)N(c5ccc(C#N)c(Cl)c5)C6)nn4)CC3)CC2)C1. The highest BCUT2D eigenvalue weighted by molar-refractivity contribution is 6.32. The van der Waals surface area contributed by atoms with Crippen LogP contribution < -0.4 is 19.4 Å². The fraction of sp³-hybridized carbons (Fsp3) is 0.564. The topological polar surface area (TPSA) is 128 Å². The highest BCUT2D eigenvalue weighted by atomic mass is 35.5. The predicted molar refractivity (Wildman–Crippen MR) is 275 cm³/mol. The quantitative estimate of drug-likeness (QED) is 0.126. The number of aryl methyl sites for hydroxylation is 2. The van der Waals surface area contributed by atoms with Gasteiger partial charge in [-0.2, -0.15) is 15.5 Å². The van der Waals surface area contributed by atoms with E-state index in [9.17, 15) is 18.8 Å². The van der Waals surface area contributed by atoms with Crippen LogP contribution in [0.3, 0.4) is 0 Å². The van der Waals surface area contributed by atoms with E-state index in [4.69, 9.17) is 21.4 Å². The van der Waals surface area contributed by atoms with Crippen molar-refractivity contribution >= 4 is 40.5 Å². The predicted octanol–water partition coefficient (Wildman–Crippen LogP) is 9.93. The summed E-state index contributed by atoms with van der Waals surface area (Å²) in [6, 6.07) is 16.3. The molecule has 380 valence electrons. The molecule has 1 amide bonds.